The van der Waals surface area contributed by atoms with Crippen LogP contribution in [0.1, 0.15) is 34.5 Å². The molecule has 4 heterocycles. The van der Waals surface area contributed by atoms with Crippen LogP contribution in [0.25, 0.3) is 22.3 Å². The van der Waals surface area contributed by atoms with E-state index >= 15 is 0 Å². The first-order chi connectivity index (χ1) is 15.1. The number of anilines is 1. The highest BCUT2D eigenvalue weighted by molar-refractivity contribution is 7.59. The summed E-state index contributed by atoms with van der Waals surface area (Å²) < 4.78 is 0. The van der Waals surface area contributed by atoms with E-state index in [1.807, 2.05) is 37.4 Å². The molecule has 2 N–H and O–H groups in total. The predicted molar refractivity (Wildman–Crippen MR) is 130 cm³/mol. The molecule has 0 aromatic carbocycles. The number of carbonyl (C=O) groups is 1. The molecule has 1 atom stereocenters. The van der Waals surface area contributed by atoms with Crippen LogP contribution in [0.4, 0.5) is 5.82 Å². The summed E-state index contributed by atoms with van der Waals surface area (Å²) in [6.07, 6.45) is 6.71. The van der Waals surface area contributed by atoms with Crippen LogP contribution in [0.2, 0.25) is 0 Å². The summed E-state index contributed by atoms with van der Waals surface area (Å²) in [5, 5.41) is 6.03. The van der Waals surface area contributed by atoms with Crippen LogP contribution in [-0.2, 0) is 0 Å². The third-order valence-corrected chi connectivity index (χ3v) is 5.12. The van der Waals surface area contributed by atoms with Gasteiger partial charge in [-0.3, -0.25) is 19.7 Å². The topological polar surface area (TPSA) is 106 Å². The van der Waals surface area contributed by atoms with Crippen molar-refractivity contribution in [3.63, 3.8) is 0 Å². The molecule has 0 radical (unpaired) electrons. The molecule has 4 aromatic rings. The van der Waals surface area contributed by atoms with E-state index in [1.165, 1.54) is 0 Å². The minimum Gasteiger partial charge on any atom is -0.369 e. The van der Waals surface area contributed by atoms with E-state index in [1.54, 1.807) is 31.8 Å². The maximum Gasteiger partial charge on any atom is 0.253 e. The summed E-state index contributed by atoms with van der Waals surface area (Å²) >= 11 is 0. The molecule has 0 bridgehead atoms. The Morgan fingerprint density at radius 1 is 1.00 bits per heavy atom. The van der Waals surface area contributed by atoms with Crippen molar-refractivity contribution in [1.29, 1.82) is 0 Å². The third-order valence-electron chi connectivity index (χ3n) is 5.12. The molecule has 0 saturated carbocycles. The van der Waals surface area contributed by atoms with Gasteiger partial charge < -0.3 is 10.6 Å². The number of aromatic nitrogens is 5. The van der Waals surface area contributed by atoms with Gasteiger partial charge in [-0.25, -0.2) is 9.97 Å². The van der Waals surface area contributed by atoms with Gasteiger partial charge >= 0.3 is 0 Å². The highest BCUT2D eigenvalue weighted by Gasteiger charge is 2.16. The number of nitrogens with zero attached hydrogens (tertiary/aromatic N) is 5. The second-order valence-electron chi connectivity index (χ2n) is 7.29. The number of amides is 1. The molecule has 8 nitrogen and oxygen atoms in total. The number of fused-ring (bicyclic) bond motifs is 1. The first-order valence-corrected chi connectivity index (χ1v) is 10.0. The van der Waals surface area contributed by atoms with E-state index in [4.69, 9.17) is 0 Å². The summed E-state index contributed by atoms with van der Waals surface area (Å²) in [4.78, 5) is 34.1. The first-order valence-electron chi connectivity index (χ1n) is 10.0. The molecule has 0 spiro atoms. The van der Waals surface area contributed by atoms with Gasteiger partial charge in [-0.2, -0.15) is 13.5 Å². The van der Waals surface area contributed by atoms with Gasteiger partial charge in [0.15, 0.2) is 0 Å². The molecule has 9 heteroatoms. The molecule has 0 aliphatic carbocycles. The van der Waals surface area contributed by atoms with Gasteiger partial charge in [0.2, 0.25) is 0 Å². The van der Waals surface area contributed by atoms with E-state index < -0.39 is 0 Å². The van der Waals surface area contributed by atoms with Gasteiger partial charge in [-0.1, -0.05) is 6.92 Å². The summed E-state index contributed by atoms with van der Waals surface area (Å²) in [6, 6.07) is 9.49. The Balaban J connectivity index is 0.00000289. The number of nitrogens with one attached hydrogen (secondary N) is 2. The lowest BCUT2D eigenvalue weighted by molar-refractivity contribution is 0.0964. The lowest BCUT2D eigenvalue weighted by Crippen LogP contribution is -2.19. The van der Waals surface area contributed by atoms with Crippen LogP contribution >= 0.6 is 13.5 Å². The Hall–Kier alpha value is -3.59. The van der Waals surface area contributed by atoms with Crippen molar-refractivity contribution >= 4 is 36.3 Å². The number of rotatable bonds is 6. The Bertz CT molecular complexity index is 1230. The average Bonchev–Trinajstić information content (AvgIpc) is 2.82. The van der Waals surface area contributed by atoms with E-state index in [9.17, 15) is 4.79 Å². The SMILES string of the molecule is CNC(=O)c1ccnc2c([C@H](C)CNc3cc(-c4ccc(C)nc4)ncn3)ccnc12.S. The second kappa shape index (κ2) is 10.1. The summed E-state index contributed by atoms with van der Waals surface area (Å²) in [7, 11) is 1.60. The standard InChI is InChI=1S/C23H23N7O.H2S/c1-14(17-6-8-26-22-18(23(31)24-3)7-9-25-21(17)22)11-28-20-10-19(29-13-30-20)16-5-4-15(2)27-12-16;/h4-10,12-14H,11H2,1-3H3,(H,24,31)(H,28,29,30);1H2/t14-;/m1./s1. The van der Waals surface area contributed by atoms with Crippen LogP contribution in [0.15, 0.2) is 55.2 Å². The van der Waals surface area contributed by atoms with Gasteiger partial charge in [0.1, 0.15) is 17.7 Å². The Kier molecular flexibility index (Phi) is 7.32. The normalized spacial score (nSPS) is 11.5. The molecule has 4 aromatic heterocycles. The van der Waals surface area contributed by atoms with Crippen LogP contribution in [-0.4, -0.2) is 44.4 Å². The minimum atomic E-state index is -0.179. The molecular formula is C23H25N7OS. The minimum absolute atomic E-state index is 0. The lowest BCUT2D eigenvalue weighted by atomic mass is 9.99. The molecule has 0 aliphatic heterocycles. The van der Waals surface area contributed by atoms with Gasteiger partial charge in [0.05, 0.1) is 16.8 Å². The fraction of sp³-hybridized carbons (Fsp3) is 0.217. The molecule has 0 saturated heterocycles. The van der Waals surface area contributed by atoms with Crippen molar-refractivity contribution in [2.45, 2.75) is 19.8 Å². The van der Waals surface area contributed by atoms with Crippen molar-refractivity contribution < 1.29 is 4.79 Å². The van der Waals surface area contributed by atoms with Crippen LogP contribution in [0.5, 0.6) is 0 Å². The molecule has 32 heavy (non-hydrogen) atoms. The molecule has 0 fully saturated rings. The first kappa shape index (κ1) is 23.1. The Labute approximate surface area is 193 Å². The monoisotopic (exact) mass is 447 g/mol. The summed E-state index contributed by atoms with van der Waals surface area (Å²) in [5.74, 6) is 0.661. The maximum atomic E-state index is 12.2. The number of carbonyl (C=O) groups excluding carboxylic acids is 1. The van der Waals surface area contributed by atoms with Crippen molar-refractivity contribution in [2.75, 3.05) is 18.9 Å². The zero-order valence-corrected chi connectivity index (χ0v) is 19.1. The third kappa shape index (κ3) is 4.83. The zero-order chi connectivity index (χ0) is 21.8. The van der Waals surface area contributed by atoms with Crippen LogP contribution in [0, 0.1) is 6.92 Å². The average molecular weight is 448 g/mol. The number of pyridine rings is 3. The Morgan fingerprint density at radius 2 is 1.78 bits per heavy atom. The van der Waals surface area contributed by atoms with E-state index in [0.717, 1.165) is 33.8 Å². The summed E-state index contributed by atoms with van der Waals surface area (Å²) in [5.41, 5.74) is 5.57. The number of aryl methyl sites for hydroxylation is 1. The van der Waals surface area contributed by atoms with Gasteiger partial charge in [0, 0.05) is 55.4 Å². The largest absolute Gasteiger partial charge is 0.369 e. The fourth-order valence-electron chi connectivity index (χ4n) is 3.38. The molecule has 0 aliphatic rings. The van der Waals surface area contributed by atoms with E-state index in [2.05, 4.69) is 42.5 Å². The van der Waals surface area contributed by atoms with E-state index in [-0.39, 0.29) is 25.3 Å². The van der Waals surface area contributed by atoms with Crippen molar-refractivity contribution in [2.24, 2.45) is 0 Å². The van der Waals surface area contributed by atoms with Gasteiger partial charge in [-0.05, 0) is 36.8 Å². The van der Waals surface area contributed by atoms with Gasteiger partial charge in [-0.15, -0.1) is 0 Å². The summed E-state index contributed by atoms with van der Waals surface area (Å²) in [6.45, 7) is 4.68. The molecular weight excluding hydrogens is 422 g/mol. The lowest BCUT2D eigenvalue weighted by Gasteiger charge is -2.16. The smallest absolute Gasteiger partial charge is 0.253 e. The highest BCUT2D eigenvalue weighted by Crippen LogP contribution is 2.25. The van der Waals surface area contributed by atoms with Crippen LogP contribution in [0.3, 0.4) is 0 Å². The van der Waals surface area contributed by atoms with E-state index in [0.29, 0.717) is 17.6 Å². The molecule has 164 valence electrons. The number of hydrogen-bond donors (Lipinski definition) is 2. The molecule has 4 rings (SSSR count). The second-order valence-corrected chi connectivity index (χ2v) is 7.29. The maximum absolute atomic E-state index is 12.2. The predicted octanol–water partition coefficient (Wildman–Crippen LogP) is 3.48. The van der Waals surface area contributed by atoms with Gasteiger partial charge in [0.25, 0.3) is 5.91 Å². The van der Waals surface area contributed by atoms with Crippen molar-refractivity contribution in [3.05, 3.63) is 72.1 Å². The van der Waals surface area contributed by atoms with Crippen molar-refractivity contribution in [1.82, 2.24) is 30.2 Å². The fourth-order valence-corrected chi connectivity index (χ4v) is 3.38. The van der Waals surface area contributed by atoms with Crippen molar-refractivity contribution in [3.8, 4) is 11.3 Å². The quantitative estimate of drug-likeness (QED) is 0.466. The zero-order valence-electron chi connectivity index (χ0n) is 18.1. The molecule has 0 unspecified atom stereocenters. The Morgan fingerprint density at radius 3 is 2.53 bits per heavy atom. The highest BCUT2D eigenvalue weighted by atomic mass is 32.1. The van der Waals surface area contributed by atoms with Crippen LogP contribution < -0.4 is 10.6 Å². The number of hydrogen-bond acceptors (Lipinski definition) is 7. The molecule has 1 amide bonds.